The molecule has 0 aliphatic rings. The van der Waals surface area contributed by atoms with Crippen molar-refractivity contribution >= 4 is 16.8 Å². The monoisotopic (exact) mass is 266 g/mol. The number of nitrogens with zero attached hydrogens (tertiary/aromatic N) is 2. The molecule has 0 spiro atoms. The molecule has 0 radical (unpaired) electrons. The normalized spacial score (nSPS) is 12.1. The zero-order valence-corrected chi connectivity index (χ0v) is 12.2. The minimum Gasteiger partial charge on any atom is -0.410 e. The van der Waals surface area contributed by atoms with Crippen LogP contribution in [0.25, 0.3) is 0 Å². The number of oxime groups is 1. The molecule has 0 aromatic heterocycles. The van der Waals surface area contributed by atoms with Crippen molar-refractivity contribution < 1.29 is 5.21 Å². The maximum Gasteiger partial charge on any atom is 0.143 e. The third kappa shape index (κ3) is 4.70. The summed E-state index contributed by atoms with van der Waals surface area (Å²) in [5, 5.41) is 13.2. The largest absolute Gasteiger partial charge is 0.410 e. The van der Waals surface area contributed by atoms with Gasteiger partial charge in [-0.2, -0.15) is 0 Å². The Bertz CT molecular complexity index is 372. The van der Waals surface area contributed by atoms with Gasteiger partial charge in [0.2, 0.25) is 0 Å². The van der Waals surface area contributed by atoms with E-state index in [0.29, 0.717) is 5.04 Å². The average Bonchev–Trinajstić information content (AvgIpc) is 2.41. The van der Waals surface area contributed by atoms with Crippen molar-refractivity contribution in [1.29, 1.82) is 0 Å². The van der Waals surface area contributed by atoms with Gasteiger partial charge >= 0.3 is 0 Å². The van der Waals surface area contributed by atoms with E-state index in [0.717, 1.165) is 31.0 Å². The van der Waals surface area contributed by atoms with Gasteiger partial charge in [-0.1, -0.05) is 48.8 Å². The molecule has 1 aromatic carbocycles. The Morgan fingerprint density at radius 2 is 1.83 bits per heavy atom. The van der Waals surface area contributed by atoms with Crippen LogP contribution in [0, 0.1) is 6.92 Å². The van der Waals surface area contributed by atoms with Gasteiger partial charge in [-0.3, -0.25) is 0 Å². The van der Waals surface area contributed by atoms with E-state index in [4.69, 9.17) is 5.21 Å². The topological polar surface area (TPSA) is 35.8 Å². The second-order valence-electron chi connectivity index (χ2n) is 4.15. The molecule has 0 saturated carbocycles. The van der Waals surface area contributed by atoms with Crippen LogP contribution in [0.1, 0.15) is 25.0 Å². The minimum absolute atomic E-state index is 0.696. The van der Waals surface area contributed by atoms with Gasteiger partial charge in [0.1, 0.15) is 5.04 Å². The number of benzene rings is 1. The number of thioether (sulfide) groups is 1. The Labute approximate surface area is 114 Å². The highest BCUT2D eigenvalue weighted by atomic mass is 32.2. The fraction of sp³-hybridized carbons (Fsp3) is 0.500. The molecule has 4 heteroatoms. The smallest absolute Gasteiger partial charge is 0.143 e. The maximum atomic E-state index is 9.08. The molecule has 18 heavy (non-hydrogen) atoms. The van der Waals surface area contributed by atoms with E-state index in [-0.39, 0.29) is 0 Å². The van der Waals surface area contributed by atoms with Gasteiger partial charge in [-0.15, -0.1) is 11.8 Å². The van der Waals surface area contributed by atoms with Gasteiger partial charge < -0.3 is 10.1 Å². The molecule has 0 aliphatic heterocycles. The van der Waals surface area contributed by atoms with Gasteiger partial charge in [0.05, 0.1) is 0 Å². The van der Waals surface area contributed by atoms with E-state index in [1.165, 1.54) is 5.56 Å². The van der Waals surface area contributed by atoms with E-state index >= 15 is 0 Å². The Balaban J connectivity index is 2.51. The van der Waals surface area contributed by atoms with Gasteiger partial charge in [0.25, 0.3) is 0 Å². The lowest BCUT2D eigenvalue weighted by atomic mass is 10.2. The lowest BCUT2D eigenvalue weighted by Gasteiger charge is -2.17. The summed E-state index contributed by atoms with van der Waals surface area (Å²) in [7, 11) is 0. The molecular formula is C14H22N2OS. The molecule has 0 aliphatic carbocycles. The Morgan fingerprint density at radius 1 is 1.22 bits per heavy atom. The molecule has 1 N–H and O–H groups in total. The molecular weight excluding hydrogens is 244 g/mol. The maximum absolute atomic E-state index is 9.08. The van der Waals surface area contributed by atoms with Crippen LogP contribution in [0.5, 0.6) is 0 Å². The second kappa shape index (κ2) is 8.16. The summed E-state index contributed by atoms with van der Waals surface area (Å²) < 4.78 is 0. The van der Waals surface area contributed by atoms with Crippen molar-refractivity contribution in [3.8, 4) is 0 Å². The average molecular weight is 266 g/mol. The first-order valence-electron chi connectivity index (χ1n) is 6.35. The Hall–Kier alpha value is -1.00. The molecule has 0 heterocycles. The molecule has 0 unspecified atom stereocenters. The lowest BCUT2D eigenvalue weighted by Crippen LogP contribution is -2.25. The summed E-state index contributed by atoms with van der Waals surface area (Å²) in [5.74, 6) is 0.939. The first kappa shape index (κ1) is 15.1. The Morgan fingerprint density at radius 3 is 2.33 bits per heavy atom. The molecule has 0 saturated heterocycles. The molecule has 0 atom stereocenters. The Kier molecular flexibility index (Phi) is 6.83. The minimum atomic E-state index is 0.696. The summed E-state index contributed by atoms with van der Waals surface area (Å²) in [6.45, 7) is 9.51. The van der Waals surface area contributed by atoms with E-state index in [9.17, 15) is 0 Å². The zero-order chi connectivity index (χ0) is 13.4. The highest BCUT2D eigenvalue weighted by molar-refractivity contribution is 8.14. The summed E-state index contributed by atoms with van der Waals surface area (Å²) in [6.07, 6.45) is 0. The standard InChI is InChI=1S/C14H22N2OS/c1-4-16(5-2)10-11-18-14(15-17)13-8-6-12(3)7-9-13/h6-9,17H,4-5,10-11H2,1-3H3/b15-14-. The van der Waals surface area contributed by atoms with E-state index < -0.39 is 0 Å². The summed E-state index contributed by atoms with van der Waals surface area (Å²) in [5.41, 5.74) is 2.19. The molecule has 0 fully saturated rings. The summed E-state index contributed by atoms with van der Waals surface area (Å²) in [4.78, 5) is 2.36. The van der Waals surface area contributed by atoms with Crippen LogP contribution in [-0.4, -0.2) is 40.5 Å². The van der Waals surface area contributed by atoms with Crippen molar-refractivity contribution in [1.82, 2.24) is 4.90 Å². The zero-order valence-electron chi connectivity index (χ0n) is 11.4. The van der Waals surface area contributed by atoms with Crippen LogP contribution < -0.4 is 0 Å². The summed E-state index contributed by atoms with van der Waals surface area (Å²) >= 11 is 1.60. The van der Waals surface area contributed by atoms with Gasteiger partial charge in [0.15, 0.2) is 0 Å². The highest BCUT2D eigenvalue weighted by Gasteiger charge is 2.06. The van der Waals surface area contributed by atoms with Crippen molar-refractivity contribution in [2.24, 2.45) is 5.16 Å². The molecule has 100 valence electrons. The fourth-order valence-electron chi connectivity index (χ4n) is 1.68. The third-order valence-corrected chi connectivity index (χ3v) is 3.91. The number of hydrogen-bond donors (Lipinski definition) is 1. The third-order valence-electron chi connectivity index (χ3n) is 2.93. The number of hydrogen-bond acceptors (Lipinski definition) is 4. The molecule has 1 rings (SSSR count). The van der Waals surface area contributed by atoms with Gasteiger partial charge in [-0.25, -0.2) is 0 Å². The lowest BCUT2D eigenvalue weighted by molar-refractivity contribution is 0.320. The molecule has 1 aromatic rings. The first-order chi connectivity index (χ1) is 8.71. The predicted molar refractivity (Wildman–Crippen MR) is 79.7 cm³/mol. The van der Waals surface area contributed by atoms with Gasteiger partial charge in [-0.05, 0) is 20.0 Å². The van der Waals surface area contributed by atoms with Crippen LogP contribution in [0.2, 0.25) is 0 Å². The fourth-order valence-corrected chi connectivity index (χ4v) is 2.58. The van der Waals surface area contributed by atoms with Crippen LogP contribution in [0.3, 0.4) is 0 Å². The quantitative estimate of drug-likeness (QED) is 0.372. The number of aryl methyl sites for hydroxylation is 1. The van der Waals surface area contributed by atoms with Crippen LogP contribution in [0.15, 0.2) is 29.4 Å². The summed E-state index contributed by atoms with van der Waals surface area (Å²) in [6, 6.07) is 8.06. The van der Waals surface area contributed by atoms with Crippen LogP contribution >= 0.6 is 11.8 Å². The highest BCUT2D eigenvalue weighted by Crippen LogP contribution is 2.14. The van der Waals surface area contributed by atoms with E-state index in [1.54, 1.807) is 11.8 Å². The van der Waals surface area contributed by atoms with Crippen molar-refractivity contribution in [2.45, 2.75) is 20.8 Å². The number of rotatable bonds is 6. The van der Waals surface area contributed by atoms with Crippen molar-refractivity contribution in [2.75, 3.05) is 25.4 Å². The molecule has 3 nitrogen and oxygen atoms in total. The van der Waals surface area contributed by atoms with Gasteiger partial charge in [0, 0.05) is 17.9 Å². The van der Waals surface area contributed by atoms with E-state index in [1.807, 2.05) is 31.2 Å². The SMILES string of the molecule is CCN(CC)CCS/C(=N\O)c1ccc(C)cc1. The van der Waals surface area contributed by atoms with Crippen LogP contribution in [0.4, 0.5) is 0 Å². The van der Waals surface area contributed by atoms with E-state index in [2.05, 4.69) is 23.9 Å². The predicted octanol–water partition coefficient (Wildman–Crippen LogP) is 3.21. The van der Waals surface area contributed by atoms with Crippen molar-refractivity contribution in [3.63, 3.8) is 0 Å². The van der Waals surface area contributed by atoms with Crippen LogP contribution in [-0.2, 0) is 0 Å². The second-order valence-corrected chi connectivity index (χ2v) is 5.23. The molecule has 0 amide bonds. The first-order valence-corrected chi connectivity index (χ1v) is 7.34. The molecule has 0 bridgehead atoms. The van der Waals surface area contributed by atoms with Crippen molar-refractivity contribution in [3.05, 3.63) is 35.4 Å².